The number of ether oxygens (including phenoxy) is 3. The van der Waals surface area contributed by atoms with Gasteiger partial charge in [-0.15, -0.1) is 0 Å². The second-order valence-corrected chi connectivity index (χ2v) is 10.3. The largest absolute Gasteiger partial charge is 0.480 e. The van der Waals surface area contributed by atoms with Gasteiger partial charge in [-0.2, -0.15) is 0 Å². The van der Waals surface area contributed by atoms with Gasteiger partial charge in [0.15, 0.2) is 0 Å². The van der Waals surface area contributed by atoms with E-state index >= 15 is 0 Å². The number of rotatable bonds is 10. The molecule has 2 aromatic rings. The molecule has 0 saturated carbocycles. The fraction of sp³-hybridized carbons (Fsp3) is 0.414. The topological polar surface area (TPSA) is 181 Å². The van der Waals surface area contributed by atoms with E-state index in [2.05, 4.69) is 21.5 Å². The Hall–Kier alpha value is -4.81. The summed E-state index contributed by atoms with van der Waals surface area (Å²) in [5.74, 6) is -1.53. The molecule has 0 heterocycles. The molecular formula is C29H40N4O9. The van der Waals surface area contributed by atoms with Crippen molar-refractivity contribution >= 4 is 30.2 Å². The van der Waals surface area contributed by atoms with Crippen LogP contribution in [0.5, 0.6) is 0 Å². The molecule has 0 radical (unpaired) electrons. The van der Waals surface area contributed by atoms with Crippen molar-refractivity contribution in [2.24, 2.45) is 5.92 Å². The van der Waals surface area contributed by atoms with Crippen molar-refractivity contribution in [1.82, 2.24) is 21.5 Å². The molecule has 230 valence electrons. The normalized spacial score (nSPS) is 11.1. The molecule has 1 atom stereocenters. The summed E-state index contributed by atoms with van der Waals surface area (Å²) in [5, 5.41) is 12.9. The number of hydrazine groups is 1. The maximum absolute atomic E-state index is 12.3. The summed E-state index contributed by atoms with van der Waals surface area (Å²) in [6.45, 7) is 8.75. The van der Waals surface area contributed by atoms with Crippen molar-refractivity contribution in [2.45, 2.75) is 65.9 Å². The van der Waals surface area contributed by atoms with Crippen molar-refractivity contribution in [3.63, 3.8) is 0 Å². The lowest BCUT2D eigenvalue weighted by Gasteiger charge is -2.22. The molecule has 13 heteroatoms. The number of alkyl carbamates (subject to hydrolysis) is 2. The van der Waals surface area contributed by atoms with Crippen LogP contribution in [-0.4, -0.2) is 53.5 Å². The number of aliphatic carboxylic acids is 1. The Kier molecular flexibility index (Phi) is 15.5. The summed E-state index contributed by atoms with van der Waals surface area (Å²) in [6, 6.07) is 17.5. The highest BCUT2D eigenvalue weighted by atomic mass is 16.6. The van der Waals surface area contributed by atoms with Gasteiger partial charge in [0.2, 0.25) is 0 Å². The molecule has 0 aliphatic rings. The van der Waals surface area contributed by atoms with Crippen LogP contribution in [0.25, 0.3) is 0 Å². The quantitative estimate of drug-likeness (QED) is 0.203. The summed E-state index contributed by atoms with van der Waals surface area (Å²) < 4.78 is 14.9. The van der Waals surface area contributed by atoms with Crippen LogP contribution in [0.2, 0.25) is 0 Å². The van der Waals surface area contributed by atoms with Crippen LogP contribution < -0.4 is 21.5 Å². The van der Waals surface area contributed by atoms with Crippen LogP contribution in [0.3, 0.4) is 0 Å². The Morgan fingerprint density at radius 1 is 0.762 bits per heavy atom. The van der Waals surface area contributed by atoms with Crippen molar-refractivity contribution < 1.29 is 43.3 Å². The predicted octanol–water partition coefficient (Wildman–Crippen LogP) is 3.88. The van der Waals surface area contributed by atoms with Gasteiger partial charge < -0.3 is 30.0 Å². The van der Waals surface area contributed by atoms with E-state index in [0.29, 0.717) is 6.42 Å². The zero-order valence-corrected chi connectivity index (χ0v) is 24.5. The maximum Gasteiger partial charge on any atom is 0.426 e. The highest BCUT2D eigenvalue weighted by Gasteiger charge is 2.24. The van der Waals surface area contributed by atoms with E-state index in [-0.39, 0.29) is 19.1 Å². The first-order valence-corrected chi connectivity index (χ1v) is 13.2. The summed E-state index contributed by atoms with van der Waals surface area (Å²) >= 11 is 0. The van der Waals surface area contributed by atoms with Gasteiger partial charge in [-0.25, -0.2) is 19.8 Å². The van der Waals surface area contributed by atoms with Crippen LogP contribution in [0.15, 0.2) is 60.7 Å². The van der Waals surface area contributed by atoms with Crippen LogP contribution in [0, 0.1) is 5.92 Å². The Balaban J connectivity index is 0.000000495. The van der Waals surface area contributed by atoms with E-state index in [0.717, 1.165) is 11.1 Å². The molecule has 1 unspecified atom stereocenters. The molecule has 4 amide bonds. The molecule has 13 nitrogen and oxygen atoms in total. The molecule has 5 N–H and O–H groups in total. The minimum atomic E-state index is -1.10. The third-order valence-corrected chi connectivity index (χ3v) is 4.81. The molecule has 0 aliphatic heterocycles. The lowest BCUT2D eigenvalue weighted by atomic mass is 10.0. The van der Waals surface area contributed by atoms with Gasteiger partial charge in [-0.1, -0.05) is 74.5 Å². The molecule has 0 spiro atoms. The monoisotopic (exact) mass is 588 g/mol. The van der Waals surface area contributed by atoms with E-state index in [9.17, 15) is 24.0 Å². The standard InChI is InChI=1S/C19H29N3O5.C10H11NO4/c1-13(2)11-15(16(23)21-22-18(25)27-19(3,4)5)20-17(24)26-12-14-9-7-6-8-10-14;12-9(13)6-11-10(14)15-7-8-4-2-1-3-5-8/h6-10,13,15H,11-12H2,1-5H3,(H,20,24)(H,21,23)(H,22,25);1-5H,6-7H2,(H,11,14)(H,12,13). The second kappa shape index (κ2) is 18.5. The lowest BCUT2D eigenvalue weighted by Crippen LogP contribution is -2.53. The average molecular weight is 589 g/mol. The maximum atomic E-state index is 12.3. The first kappa shape index (κ1) is 35.2. The van der Waals surface area contributed by atoms with E-state index < -0.39 is 48.3 Å². The highest BCUT2D eigenvalue weighted by molar-refractivity contribution is 5.86. The Labute approximate surface area is 245 Å². The number of carbonyl (C=O) groups excluding carboxylic acids is 4. The minimum Gasteiger partial charge on any atom is -0.480 e. The molecular weight excluding hydrogens is 548 g/mol. The molecule has 42 heavy (non-hydrogen) atoms. The smallest absolute Gasteiger partial charge is 0.426 e. The summed E-state index contributed by atoms with van der Waals surface area (Å²) in [7, 11) is 0. The van der Waals surface area contributed by atoms with Crippen LogP contribution in [0.1, 0.15) is 52.2 Å². The fourth-order valence-electron chi connectivity index (χ4n) is 3.04. The molecule has 0 bridgehead atoms. The van der Waals surface area contributed by atoms with Crippen LogP contribution in [-0.2, 0) is 37.0 Å². The third-order valence-electron chi connectivity index (χ3n) is 4.81. The molecule has 0 saturated heterocycles. The van der Waals surface area contributed by atoms with Gasteiger partial charge in [0.25, 0.3) is 5.91 Å². The van der Waals surface area contributed by atoms with Crippen molar-refractivity contribution in [3.05, 3.63) is 71.8 Å². The average Bonchev–Trinajstić information content (AvgIpc) is 2.92. The van der Waals surface area contributed by atoms with Gasteiger partial charge in [-0.05, 0) is 44.2 Å². The van der Waals surface area contributed by atoms with E-state index in [1.54, 1.807) is 20.8 Å². The van der Waals surface area contributed by atoms with Crippen LogP contribution >= 0.6 is 0 Å². The highest BCUT2D eigenvalue weighted by Crippen LogP contribution is 2.08. The van der Waals surface area contributed by atoms with E-state index in [4.69, 9.17) is 19.3 Å². The predicted molar refractivity (Wildman–Crippen MR) is 153 cm³/mol. The summed E-state index contributed by atoms with van der Waals surface area (Å²) in [5.41, 5.74) is 5.43. The van der Waals surface area contributed by atoms with Crippen molar-refractivity contribution in [1.29, 1.82) is 0 Å². The Morgan fingerprint density at radius 2 is 1.26 bits per heavy atom. The van der Waals surface area contributed by atoms with Gasteiger partial charge in [0, 0.05) is 0 Å². The molecule has 0 fully saturated rings. The number of hydrogen-bond donors (Lipinski definition) is 5. The second-order valence-electron chi connectivity index (χ2n) is 10.3. The number of benzene rings is 2. The summed E-state index contributed by atoms with van der Waals surface area (Å²) in [6.07, 6.45) is -1.86. The number of carboxylic acids is 1. The zero-order valence-electron chi connectivity index (χ0n) is 24.5. The first-order chi connectivity index (χ1) is 19.7. The number of carbonyl (C=O) groups is 5. The van der Waals surface area contributed by atoms with E-state index in [1.165, 1.54) is 0 Å². The number of amides is 4. The van der Waals surface area contributed by atoms with Crippen molar-refractivity contribution in [2.75, 3.05) is 6.54 Å². The van der Waals surface area contributed by atoms with Crippen molar-refractivity contribution in [3.8, 4) is 0 Å². The molecule has 0 aromatic heterocycles. The minimum absolute atomic E-state index is 0.0961. The number of carboxylic acid groups (broad SMARTS) is 1. The van der Waals surface area contributed by atoms with Crippen LogP contribution in [0.4, 0.5) is 14.4 Å². The fourth-order valence-corrected chi connectivity index (χ4v) is 3.04. The number of nitrogens with one attached hydrogen (secondary N) is 4. The number of hydrogen-bond acceptors (Lipinski definition) is 8. The first-order valence-electron chi connectivity index (χ1n) is 13.2. The molecule has 0 aliphatic carbocycles. The van der Waals surface area contributed by atoms with E-state index in [1.807, 2.05) is 74.5 Å². The van der Waals surface area contributed by atoms with Gasteiger partial charge in [0.05, 0.1) is 0 Å². The SMILES string of the molecule is CC(C)CC(NC(=O)OCc1ccccc1)C(=O)NNC(=O)OC(C)(C)C.O=C(O)CNC(=O)OCc1ccccc1. The Morgan fingerprint density at radius 3 is 1.71 bits per heavy atom. The molecule has 2 aromatic carbocycles. The zero-order chi connectivity index (χ0) is 31.5. The summed E-state index contributed by atoms with van der Waals surface area (Å²) in [4.78, 5) is 57.0. The lowest BCUT2D eigenvalue weighted by molar-refractivity contribution is -0.135. The van der Waals surface area contributed by atoms with Gasteiger partial charge >= 0.3 is 24.2 Å². The van der Waals surface area contributed by atoms with Gasteiger partial charge in [0.1, 0.15) is 31.4 Å². The molecule has 2 rings (SSSR count). The third kappa shape index (κ3) is 17.7. The Bertz CT molecular complexity index is 1140. The van der Waals surface area contributed by atoms with Gasteiger partial charge in [-0.3, -0.25) is 15.0 Å².